The number of nitrogens with one attached hydrogen (secondary N) is 1. The molecular weight excluding hydrogens is 352 g/mol. The second-order valence-electron chi connectivity index (χ2n) is 6.99. The highest BCUT2D eigenvalue weighted by Gasteiger charge is 2.31. The molecule has 0 radical (unpaired) electrons. The maximum Gasteiger partial charge on any atom is 0.317 e. The number of aryl methyl sites for hydroxylation is 1. The summed E-state index contributed by atoms with van der Waals surface area (Å²) in [6, 6.07) is 7.95. The zero-order valence-electron chi connectivity index (χ0n) is 14.9. The van der Waals surface area contributed by atoms with E-state index in [1.807, 2.05) is 36.1 Å². The van der Waals surface area contributed by atoms with Gasteiger partial charge in [-0.2, -0.15) is 0 Å². The van der Waals surface area contributed by atoms with Gasteiger partial charge in [0.1, 0.15) is 0 Å². The van der Waals surface area contributed by atoms with Crippen LogP contribution in [0.5, 0.6) is 0 Å². The van der Waals surface area contributed by atoms with Crippen LogP contribution in [-0.2, 0) is 6.54 Å². The van der Waals surface area contributed by atoms with Crippen LogP contribution in [0, 0.1) is 6.92 Å². The van der Waals surface area contributed by atoms with E-state index in [1.165, 1.54) is 0 Å². The number of amides is 2. The van der Waals surface area contributed by atoms with Gasteiger partial charge in [0.15, 0.2) is 5.76 Å². The maximum atomic E-state index is 11.9. The second kappa shape index (κ2) is 7.29. The molecule has 2 aliphatic heterocycles. The Morgan fingerprint density at radius 2 is 2.12 bits per heavy atom. The number of carbonyl (C=O) groups is 1. The first-order valence-electron chi connectivity index (χ1n) is 9.09. The van der Waals surface area contributed by atoms with Gasteiger partial charge in [0.05, 0.1) is 12.2 Å². The fraction of sp³-hybridized carbons (Fsp3) is 0.474. The van der Waals surface area contributed by atoms with Crippen LogP contribution in [-0.4, -0.2) is 53.0 Å². The number of nitrogens with zero attached hydrogens (tertiary/aromatic N) is 3. The fourth-order valence-electron chi connectivity index (χ4n) is 3.84. The summed E-state index contributed by atoms with van der Waals surface area (Å²) in [6.45, 7) is 6.05. The van der Waals surface area contributed by atoms with Gasteiger partial charge in [0.25, 0.3) is 0 Å². The number of hydrogen-bond acceptors (Lipinski definition) is 4. The third kappa shape index (κ3) is 3.57. The van der Waals surface area contributed by atoms with Crippen molar-refractivity contribution < 1.29 is 9.21 Å². The number of aromatic nitrogens is 1. The third-order valence-electron chi connectivity index (χ3n) is 5.12. The van der Waals surface area contributed by atoms with E-state index in [0.29, 0.717) is 11.6 Å². The van der Waals surface area contributed by atoms with Crippen molar-refractivity contribution >= 4 is 17.6 Å². The van der Waals surface area contributed by atoms with Crippen molar-refractivity contribution in [2.75, 3.05) is 26.2 Å². The Labute approximate surface area is 158 Å². The molecule has 2 fully saturated rings. The Bertz CT molecular complexity index is 789. The Morgan fingerprint density at radius 1 is 1.31 bits per heavy atom. The quantitative estimate of drug-likeness (QED) is 0.892. The fourth-order valence-corrected chi connectivity index (χ4v) is 3.97. The van der Waals surface area contributed by atoms with Crippen molar-refractivity contribution in [3.63, 3.8) is 0 Å². The lowest BCUT2D eigenvalue weighted by Crippen LogP contribution is -2.48. The molecule has 0 bridgehead atoms. The van der Waals surface area contributed by atoms with Crippen LogP contribution in [0.4, 0.5) is 4.79 Å². The molecular formula is C19H23ClN4O2. The minimum Gasteiger partial charge on any atom is -0.439 e. The monoisotopic (exact) mass is 374 g/mol. The molecule has 0 saturated carbocycles. The van der Waals surface area contributed by atoms with Crippen molar-refractivity contribution in [2.45, 2.75) is 32.4 Å². The number of piperidine rings is 1. The lowest BCUT2D eigenvalue weighted by atomic mass is 10.0. The molecule has 1 N–H and O–H groups in total. The summed E-state index contributed by atoms with van der Waals surface area (Å²) in [5.74, 6) is 1.52. The number of oxazole rings is 1. The van der Waals surface area contributed by atoms with Gasteiger partial charge in [-0.15, -0.1) is 0 Å². The lowest BCUT2D eigenvalue weighted by Gasteiger charge is -2.36. The van der Waals surface area contributed by atoms with Gasteiger partial charge in [-0.1, -0.05) is 11.6 Å². The summed E-state index contributed by atoms with van der Waals surface area (Å²) in [7, 11) is 0. The third-order valence-corrected chi connectivity index (χ3v) is 5.37. The van der Waals surface area contributed by atoms with E-state index in [0.717, 1.165) is 61.9 Å². The molecule has 1 aromatic heterocycles. The Balaban J connectivity index is 1.44. The molecule has 2 saturated heterocycles. The molecule has 6 nitrogen and oxygen atoms in total. The number of rotatable bonds is 4. The molecule has 2 amide bonds. The standard InChI is InChI=1S/C19H23ClN4O2/c1-13-18(14-4-6-15(20)7-5-14)26-17(22-13)12-23-9-2-3-16(11-23)24-10-8-21-19(24)25/h4-7,16H,2-3,8-12H2,1H3,(H,21,25). The summed E-state index contributed by atoms with van der Waals surface area (Å²) in [6.07, 6.45) is 2.14. The normalized spacial score (nSPS) is 21.2. The van der Waals surface area contributed by atoms with Gasteiger partial charge < -0.3 is 14.6 Å². The summed E-state index contributed by atoms with van der Waals surface area (Å²) < 4.78 is 6.04. The number of hydrogen-bond donors (Lipinski definition) is 1. The molecule has 138 valence electrons. The van der Waals surface area contributed by atoms with Crippen LogP contribution in [0.15, 0.2) is 28.7 Å². The van der Waals surface area contributed by atoms with Crippen LogP contribution in [0.25, 0.3) is 11.3 Å². The largest absolute Gasteiger partial charge is 0.439 e. The lowest BCUT2D eigenvalue weighted by molar-refractivity contribution is 0.115. The van der Waals surface area contributed by atoms with Gasteiger partial charge in [-0.05, 0) is 50.6 Å². The van der Waals surface area contributed by atoms with E-state index >= 15 is 0 Å². The first-order chi connectivity index (χ1) is 12.6. The molecule has 1 unspecified atom stereocenters. The van der Waals surface area contributed by atoms with E-state index in [1.54, 1.807) is 0 Å². The average Bonchev–Trinajstić information content (AvgIpc) is 3.21. The van der Waals surface area contributed by atoms with Crippen molar-refractivity contribution in [3.8, 4) is 11.3 Å². The number of carbonyl (C=O) groups excluding carboxylic acids is 1. The maximum absolute atomic E-state index is 11.9. The molecule has 4 rings (SSSR count). The molecule has 7 heteroatoms. The minimum atomic E-state index is 0.0637. The van der Waals surface area contributed by atoms with Gasteiger partial charge in [-0.3, -0.25) is 4.90 Å². The van der Waals surface area contributed by atoms with E-state index in [2.05, 4.69) is 15.2 Å². The van der Waals surface area contributed by atoms with Gasteiger partial charge in [-0.25, -0.2) is 9.78 Å². The van der Waals surface area contributed by atoms with E-state index < -0.39 is 0 Å². The molecule has 1 aromatic carbocycles. The summed E-state index contributed by atoms with van der Waals surface area (Å²) >= 11 is 5.97. The summed E-state index contributed by atoms with van der Waals surface area (Å²) in [5, 5.41) is 3.60. The predicted octanol–water partition coefficient (Wildman–Crippen LogP) is 3.29. The smallest absolute Gasteiger partial charge is 0.317 e. The SMILES string of the molecule is Cc1nc(CN2CCCC(N3CCNC3=O)C2)oc1-c1ccc(Cl)cc1. The highest BCUT2D eigenvalue weighted by molar-refractivity contribution is 6.30. The highest BCUT2D eigenvalue weighted by Crippen LogP contribution is 2.27. The average molecular weight is 375 g/mol. The number of urea groups is 1. The topological polar surface area (TPSA) is 61.6 Å². The Hall–Kier alpha value is -2.05. The number of benzene rings is 1. The first kappa shape index (κ1) is 17.4. The zero-order valence-corrected chi connectivity index (χ0v) is 15.6. The number of likely N-dealkylation sites (tertiary alicyclic amines) is 1. The molecule has 26 heavy (non-hydrogen) atoms. The minimum absolute atomic E-state index is 0.0637. The van der Waals surface area contributed by atoms with Crippen LogP contribution in [0.3, 0.4) is 0 Å². The Kier molecular flexibility index (Phi) is 4.87. The van der Waals surface area contributed by atoms with Crippen molar-refractivity contribution in [3.05, 3.63) is 40.9 Å². The predicted molar refractivity (Wildman–Crippen MR) is 100 cm³/mol. The second-order valence-corrected chi connectivity index (χ2v) is 7.42. The zero-order chi connectivity index (χ0) is 18.1. The Morgan fingerprint density at radius 3 is 2.85 bits per heavy atom. The van der Waals surface area contributed by atoms with Crippen LogP contribution in [0.2, 0.25) is 5.02 Å². The molecule has 3 heterocycles. The summed E-state index contributed by atoms with van der Waals surface area (Å²) in [5.41, 5.74) is 1.87. The summed E-state index contributed by atoms with van der Waals surface area (Å²) in [4.78, 5) is 20.8. The molecule has 0 spiro atoms. The molecule has 2 aliphatic rings. The van der Waals surface area contributed by atoms with Crippen LogP contribution < -0.4 is 5.32 Å². The molecule has 0 aliphatic carbocycles. The van der Waals surface area contributed by atoms with E-state index in [4.69, 9.17) is 16.0 Å². The van der Waals surface area contributed by atoms with Gasteiger partial charge in [0.2, 0.25) is 5.89 Å². The first-order valence-corrected chi connectivity index (χ1v) is 9.47. The van der Waals surface area contributed by atoms with Crippen molar-refractivity contribution in [2.24, 2.45) is 0 Å². The number of halogens is 1. The van der Waals surface area contributed by atoms with Crippen LogP contribution in [0.1, 0.15) is 24.4 Å². The van der Waals surface area contributed by atoms with Gasteiger partial charge >= 0.3 is 6.03 Å². The molecule has 2 aromatic rings. The molecule has 1 atom stereocenters. The van der Waals surface area contributed by atoms with E-state index in [9.17, 15) is 4.79 Å². The van der Waals surface area contributed by atoms with Crippen molar-refractivity contribution in [1.82, 2.24) is 20.1 Å². The van der Waals surface area contributed by atoms with Crippen LogP contribution >= 0.6 is 11.6 Å². The van der Waals surface area contributed by atoms with Crippen molar-refractivity contribution in [1.29, 1.82) is 0 Å². The highest BCUT2D eigenvalue weighted by atomic mass is 35.5. The van der Waals surface area contributed by atoms with E-state index in [-0.39, 0.29) is 12.1 Å². The van der Waals surface area contributed by atoms with Gasteiger partial charge in [0, 0.05) is 36.3 Å².